The van der Waals surface area contributed by atoms with Gasteiger partial charge in [0.2, 0.25) is 0 Å². The lowest BCUT2D eigenvalue weighted by Crippen LogP contribution is -2.25. The van der Waals surface area contributed by atoms with Crippen LogP contribution >= 0.6 is 0 Å². The maximum atomic E-state index is 12.8. The molecular formula is C22H24N2O. The Kier molecular flexibility index (Phi) is 5.13. The molecule has 1 amide bonds. The maximum Gasteiger partial charge on any atom is 0.252 e. The van der Waals surface area contributed by atoms with E-state index in [1.165, 1.54) is 0 Å². The van der Waals surface area contributed by atoms with Gasteiger partial charge in [0.25, 0.3) is 5.91 Å². The van der Waals surface area contributed by atoms with Gasteiger partial charge >= 0.3 is 0 Å². The standard InChI is InChI=1S/C22H24N2O/c1-15(2)12-13-23-22(25)19-14-21(17-9-5-4-8-16(17)3)24-20-11-7-6-10-18(19)20/h4-11,14-15H,12-13H2,1-3H3,(H,23,25). The molecule has 128 valence electrons. The summed E-state index contributed by atoms with van der Waals surface area (Å²) in [6.45, 7) is 7.07. The lowest BCUT2D eigenvalue weighted by molar-refractivity contribution is 0.0953. The predicted octanol–water partition coefficient (Wildman–Crippen LogP) is 4.99. The van der Waals surface area contributed by atoms with Gasteiger partial charge in [-0.15, -0.1) is 0 Å². The normalized spacial score (nSPS) is 11.0. The van der Waals surface area contributed by atoms with Gasteiger partial charge in [-0.3, -0.25) is 4.79 Å². The molecule has 0 bridgehead atoms. The van der Waals surface area contributed by atoms with Crippen molar-refractivity contribution in [2.24, 2.45) is 5.92 Å². The molecule has 0 aliphatic carbocycles. The molecule has 0 saturated carbocycles. The van der Waals surface area contributed by atoms with Crippen LogP contribution in [0.3, 0.4) is 0 Å². The highest BCUT2D eigenvalue weighted by Gasteiger charge is 2.14. The fraction of sp³-hybridized carbons (Fsp3) is 0.273. The summed E-state index contributed by atoms with van der Waals surface area (Å²) in [7, 11) is 0. The summed E-state index contributed by atoms with van der Waals surface area (Å²) in [6.07, 6.45) is 0.972. The van der Waals surface area contributed by atoms with Crippen LogP contribution in [0.4, 0.5) is 0 Å². The van der Waals surface area contributed by atoms with Gasteiger partial charge in [0.1, 0.15) is 0 Å². The summed E-state index contributed by atoms with van der Waals surface area (Å²) in [6, 6.07) is 17.9. The first kappa shape index (κ1) is 17.2. The minimum Gasteiger partial charge on any atom is -0.352 e. The highest BCUT2D eigenvalue weighted by Crippen LogP contribution is 2.27. The summed E-state index contributed by atoms with van der Waals surface area (Å²) < 4.78 is 0. The molecule has 0 aliphatic rings. The molecule has 3 nitrogen and oxygen atoms in total. The highest BCUT2D eigenvalue weighted by molar-refractivity contribution is 6.07. The van der Waals surface area contributed by atoms with E-state index in [1.54, 1.807) is 0 Å². The van der Waals surface area contributed by atoms with Gasteiger partial charge in [-0.05, 0) is 37.0 Å². The van der Waals surface area contributed by atoms with E-state index in [1.807, 2.05) is 48.5 Å². The number of carbonyl (C=O) groups is 1. The molecule has 0 radical (unpaired) electrons. The molecule has 0 spiro atoms. The average molecular weight is 332 g/mol. The number of pyridine rings is 1. The summed E-state index contributed by atoms with van der Waals surface area (Å²) >= 11 is 0. The maximum absolute atomic E-state index is 12.8. The van der Waals surface area contributed by atoms with Gasteiger partial charge in [-0.2, -0.15) is 0 Å². The van der Waals surface area contributed by atoms with Crippen LogP contribution in [0.2, 0.25) is 0 Å². The third-order valence-electron chi connectivity index (χ3n) is 4.39. The smallest absolute Gasteiger partial charge is 0.252 e. The number of rotatable bonds is 5. The molecule has 25 heavy (non-hydrogen) atoms. The summed E-state index contributed by atoms with van der Waals surface area (Å²) in [4.78, 5) is 17.5. The number of nitrogens with zero attached hydrogens (tertiary/aromatic N) is 1. The second kappa shape index (κ2) is 7.47. The number of carbonyl (C=O) groups excluding carboxylic acids is 1. The van der Waals surface area contributed by atoms with Gasteiger partial charge in [-0.1, -0.05) is 56.3 Å². The zero-order chi connectivity index (χ0) is 17.8. The van der Waals surface area contributed by atoms with Crippen molar-refractivity contribution in [3.63, 3.8) is 0 Å². The van der Waals surface area contributed by atoms with E-state index in [0.717, 1.165) is 34.1 Å². The monoisotopic (exact) mass is 332 g/mol. The fourth-order valence-corrected chi connectivity index (χ4v) is 2.93. The molecule has 1 aromatic heterocycles. The third-order valence-corrected chi connectivity index (χ3v) is 4.39. The van der Waals surface area contributed by atoms with E-state index < -0.39 is 0 Å². The van der Waals surface area contributed by atoms with Crippen LogP contribution < -0.4 is 5.32 Å². The molecule has 0 aliphatic heterocycles. The van der Waals surface area contributed by atoms with E-state index in [-0.39, 0.29) is 5.91 Å². The lowest BCUT2D eigenvalue weighted by Gasteiger charge is -2.12. The lowest BCUT2D eigenvalue weighted by atomic mass is 10.0. The minimum atomic E-state index is -0.0333. The molecule has 3 heteroatoms. The van der Waals surface area contributed by atoms with Crippen molar-refractivity contribution in [2.45, 2.75) is 27.2 Å². The molecular weight excluding hydrogens is 308 g/mol. The number of para-hydroxylation sites is 1. The highest BCUT2D eigenvalue weighted by atomic mass is 16.1. The van der Waals surface area contributed by atoms with Gasteiger partial charge in [0.15, 0.2) is 0 Å². The largest absolute Gasteiger partial charge is 0.352 e. The number of benzene rings is 2. The first-order valence-corrected chi connectivity index (χ1v) is 8.80. The van der Waals surface area contributed by atoms with Gasteiger partial charge in [0, 0.05) is 17.5 Å². The molecule has 0 fully saturated rings. The van der Waals surface area contributed by atoms with Crippen LogP contribution in [0, 0.1) is 12.8 Å². The second-order valence-electron chi connectivity index (χ2n) is 6.83. The molecule has 0 saturated heterocycles. The van der Waals surface area contributed by atoms with Crippen molar-refractivity contribution in [3.8, 4) is 11.3 Å². The molecule has 0 atom stereocenters. The summed E-state index contributed by atoms with van der Waals surface area (Å²) in [5, 5.41) is 3.94. The first-order chi connectivity index (χ1) is 12.1. The van der Waals surface area contributed by atoms with E-state index in [0.29, 0.717) is 18.0 Å². The Labute approximate surface area is 149 Å². The summed E-state index contributed by atoms with van der Waals surface area (Å²) in [5.41, 5.74) is 4.58. The van der Waals surface area contributed by atoms with Crippen molar-refractivity contribution in [3.05, 3.63) is 65.7 Å². The van der Waals surface area contributed by atoms with Crippen LogP contribution in [0.1, 0.15) is 36.2 Å². The van der Waals surface area contributed by atoms with Crippen LogP contribution in [0.5, 0.6) is 0 Å². The van der Waals surface area contributed by atoms with Crippen molar-refractivity contribution < 1.29 is 4.79 Å². The molecule has 1 heterocycles. The number of fused-ring (bicyclic) bond motifs is 1. The number of nitrogens with one attached hydrogen (secondary N) is 1. The van der Waals surface area contributed by atoms with Crippen LogP contribution in [0.25, 0.3) is 22.2 Å². The van der Waals surface area contributed by atoms with E-state index in [9.17, 15) is 4.79 Å². The second-order valence-corrected chi connectivity index (χ2v) is 6.83. The van der Waals surface area contributed by atoms with Crippen LogP contribution in [-0.4, -0.2) is 17.4 Å². The number of amides is 1. The third kappa shape index (κ3) is 3.87. The van der Waals surface area contributed by atoms with Gasteiger partial charge < -0.3 is 5.32 Å². The van der Waals surface area contributed by atoms with E-state index >= 15 is 0 Å². The zero-order valence-electron chi connectivity index (χ0n) is 15.0. The predicted molar refractivity (Wildman–Crippen MR) is 104 cm³/mol. The number of aromatic nitrogens is 1. The zero-order valence-corrected chi connectivity index (χ0v) is 15.0. The Morgan fingerprint density at radius 3 is 2.56 bits per heavy atom. The number of hydrogen-bond donors (Lipinski definition) is 1. The molecule has 2 aromatic carbocycles. The SMILES string of the molecule is Cc1ccccc1-c1cc(C(=O)NCCC(C)C)c2ccccc2n1. The Morgan fingerprint density at radius 1 is 1.08 bits per heavy atom. The van der Waals surface area contributed by atoms with E-state index in [4.69, 9.17) is 4.98 Å². The van der Waals surface area contributed by atoms with E-state index in [2.05, 4.69) is 32.2 Å². The topological polar surface area (TPSA) is 42.0 Å². The molecule has 1 N–H and O–H groups in total. The van der Waals surface area contributed by atoms with Gasteiger partial charge in [0.05, 0.1) is 16.8 Å². The fourth-order valence-electron chi connectivity index (χ4n) is 2.93. The molecule has 3 rings (SSSR count). The Morgan fingerprint density at radius 2 is 1.80 bits per heavy atom. The van der Waals surface area contributed by atoms with Crippen molar-refractivity contribution in [1.82, 2.24) is 10.3 Å². The average Bonchev–Trinajstić information content (AvgIpc) is 2.60. The first-order valence-electron chi connectivity index (χ1n) is 8.80. The quantitative estimate of drug-likeness (QED) is 0.715. The number of aryl methyl sites for hydroxylation is 1. The Balaban J connectivity index is 2.04. The molecule has 3 aromatic rings. The molecule has 0 unspecified atom stereocenters. The van der Waals surface area contributed by atoms with Crippen molar-refractivity contribution in [2.75, 3.05) is 6.54 Å². The number of hydrogen-bond acceptors (Lipinski definition) is 2. The van der Waals surface area contributed by atoms with Crippen molar-refractivity contribution >= 4 is 16.8 Å². The van der Waals surface area contributed by atoms with Crippen LogP contribution in [0.15, 0.2) is 54.6 Å². The van der Waals surface area contributed by atoms with Crippen LogP contribution in [-0.2, 0) is 0 Å². The Bertz CT molecular complexity index is 899. The van der Waals surface area contributed by atoms with Crippen molar-refractivity contribution in [1.29, 1.82) is 0 Å². The minimum absolute atomic E-state index is 0.0333. The Hall–Kier alpha value is -2.68. The summed E-state index contributed by atoms with van der Waals surface area (Å²) in [5.74, 6) is 0.533. The van der Waals surface area contributed by atoms with Gasteiger partial charge in [-0.25, -0.2) is 4.98 Å².